The highest BCUT2D eigenvalue weighted by atomic mass is 32.2. The second-order valence-electron chi connectivity index (χ2n) is 6.09. The van der Waals surface area contributed by atoms with Gasteiger partial charge in [-0.2, -0.15) is 4.31 Å². The van der Waals surface area contributed by atoms with Crippen LogP contribution in [0.4, 0.5) is 5.82 Å². The Bertz CT molecular complexity index is 747. The van der Waals surface area contributed by atoms with Gasteiger partial charge in [0.05, 0.1) is 11.8 Å². The van der Waals surface area contributed by atoms with Crippen LogP contribution in [-0.4, -0.2) is 47.9 Å². The molecule has 3 rings (SSSR count). The van der Waals surface area contributed by atoms with E-state index in [0.29, 0.717) is 31.0 Å². The lowest BCUT2D eigenvalue weighted by Crippen LogP contribution is -2.35. The average Bonchev–Trinajstić information content (AvgIpc) is 3.01. The molecule has 126 valence electrons. The number of rotatable bonds is 3. The van der Waals surface area contributed by atoms with Gasteiger partial charge in [0.2, 0.25) is 15.9 Å². The van der Waals surface area contributed by atoms with Gasteiger partial charge in [-0.3, -0.25) is 9.69 Å². The Morgan fingerprint density at radius 2 is 2.00 bits per heavy atom. The monoisotopic (exact) mass is 338 g/mol. The zero-order chi connectivity index (χ0) is 16.8. The molecule has 1 aromatic heterocycles. The van der Waals surface area contributed by atoms with Crippen molar-refractivity contribution in [2.75, 3.05) is 24.2 Å². The fourth-order valence-electron chi connectivity index (χ4n) is 3.34. The van der Waals surface area contributed by atoms with Gasteiger partial charge in [-0.05, 0) is 33.1 Å². The summed E-state index contributed by atoms with van der Waals surface area (Å²) < 4.78 is 26.1. The number of nitrogens with zero attached hydrogens (tertiary/aromatic N) is 4. The maximum absolute atomic E-state index is 12.3. The van der Waals surface area contributed by atoms with E-state index >= 15 is 0 Å². The van der Waals surface area contributed by atoms with Gasteiger partial charge in [-0.1, -0.05) is 0 Å². The molecule has 1 atom stereocenters. The molecule has 0 radical (unpaired) electrons. The molecule has 1 fully saturated rings. The van der Waals surface area contributed by atoms with Gasteiger partial charge in [-0.15, -0.1) is 0 Å². The van der Waals surface area contributed by atoms with Crippen molar-refractivity contribution in [1.82, 2.24) is 14.3 Å². The van der Waals surface area contributed by atoms with Gasteiger partial charge >= 0.3 is 0 Å². The van der Waals surface area contributed by atoms with Crippen LogP contribution in [0.2, 0.25) is 0 Å². The Morgan fingerprint density at radius 3 is 2.70 bits per heavy atom. The average molecular weight is 338 g/mol. The summed E-state index contributed by atoms with van der Waals surface area (Å²) in [6, 6.07) is -0.325. The third-order valence-corrected chi connectivity index (χ3v) is 6.60. The first-order valence-corrected chi connectivity index (χ1v) is 9.59. The number of amides is 1. The molecule has 0 spiro atoms. The van der Waals surface area contributed by atoms with Crippen LogP contribution < -0.4 is 4.90 Å². The molecule has 7 nitrogen and oxygen atoms in total. The predicted molar refractivity (Wildman–Crippen MR) is 86.6 cm³/mol. The predicted octanol–water partition coefficient (Wildman–Crippen LogP) is 1.18. The Hall–Kier alpha value is -1.54. The van der Waals surface area contributed by atoms with Crippen LogP contribution in [-0.2, 0) is 21.2 Å². The molecular weight excluding hydrogens is 316 g/mol. The second kappa shape index (κ2) is 5.83. The van der Waals surface area contributed by atoms with Crippen LogP contribution in [0.3, 0.4) is 0 Å². The molecule has 0 bridgehead atoms. The molecule has 2 aliphatic heterocycles. The van der Waals surface area contributed by atoms with Gasteiger partial charge in [0.15, 0.2) is 0 Å². The molecule has 0 aliphatic carbocycles. The fourth-order valence-corrected chi connectivity index (χ4v) is 4.66. The number of anilines is 1. The molecule has 1 saturated heterocycles. The van der Waals surface area contributed by atoms with Crippen molar-refractivity contribution in [3.63, 3.8) is 0 Å². The zero-order valence-electron chi connectivity index (χ0n) is 13.7. The van der Waals surface area contributed by atoms with Gasteiger partial charge in [0.1, 0.15) is 11.6 Å². The highest BCUT2D eigenvalue weighted by Crippen LogP contribution is 2.35. The van der Waals surface area contributed by atoms with Gasteiger partial charge in [0.25, 0.3) is 0 Å². The molecule has 1 amide bonds. The first-order valence-electron chi connectivity index (χ1n) is 7.98. The summed E-state index contributed by atoms with van der Waals surface area (Å²) in [5.41, 5.74) is 1.82. The lowest BCUT2D eigenvalue weighted by atomic mass is 10.0. The number of aromatic nitrogens is 2. The van der Waals surface area contributed by atoms with Crippen LogP contribution in [0.5, 0.6) is 0 Å². The van der Waals surface area contributed by atoms with Gasteiger partial charge in [-0.25, -0.2) is 18.4 Å². The quantitative estimate of drug-likeness (QED) is 0.826. The topological polar surface area (TPSA) is 83.5 Å². The number of carbonyl (C=O) groups excluding carboxylic acids is 1. The minimum absolute atomic E-state index is 0.0333. The Kier molecular flexibility index (Phi) is 4.14. The molecule has 23 heavy (non-hydrogen) atoms. The number of hydrogen-bond acceptors (Lipinski definition) is 5. The van der Waals surface area contributed by atoms with Crippen molar-refractivity contribution in [2.45, 2.75) is 45.6 Å². The maximum Gasteiger partial charge on any atom is 0.228 e. The maximum atomic E-state index is 12.3. The minimum atomic E-state index is -3.28. The van der Waals surface area contributed by atoms with E-state index in [-0.39, 0.29) is 17.7 Å². The van der Waals surface area contributed by atoms with Crippen LogP contribution in [0, 0.1) is 6.92 Å². The van der Waals surface area contributed by atoms with Gasteiger partial charge < -0.3 is 0 Å². The van der Waals surface area contributed by atoms with Crippen molar-refractivity contribution >= 4 is 21.7 Å². The summed E-state index contributed by atoms with van der Waals surface area (Å²) in [6.07, 6.45) is 2.63. The number of hydrogen-bond donors (Lipinski definition) is 0. The van der Waals surface area contributed by atoms with E-state index in [4.69, 9.17) is 0 Å². The normalized spacial score (nSPS) is 22.5. The fraction of sp³-hybridized carbons (Fsp3) is 0.667. The summed E-state index contributed by atoms with van der Waals surface area (Å²) in [6.45, 7) is 4.06. The van der Waals surface area contributed by atoms with Gasteiger partial charge in [0, 0.05) is 31.3 Å². The molecular formula is C15H22N4O3S. The van der Waals surface area contributed by atoms with E-state index in [1.165, 1.54) is 4.31 Å². The first kappa shape index (κ1) is 16.3. The number of carbonyl (C=O) groups is 1. The molecule has 0 aromatic carbocycles. The molecule has 0 unspecified atom stereocenters. The smallest absolute Gasteiger partial charge is 0.228 e. The zero-order valence-corrected chi connectivity index (χ0v) is 14.6. The van der Waals surface area contributed by atoms with Crippen LogP contribution in [0.1, 0.15) is 49.3 Å². The largest absolute Gasteiger partial charge is 0.300 e. The third-order valence-electron chi connectivity index (χ3n) is 4.71. The SMILES string of the molecule is CCS(=O)(=O)N1CCC[C@H]1c1nc(C)c2c(n1)N(C)C(=O)CC2. The first-order chi connectivity index (χ1) is 10.8. The van der Waals surface area contributed by atoms with Crippen molar-refractivity contribution < 1.29 is 13.2 Å². The lowest BCUT2D eigenvalue weighted by molar-refractivity contribution is -0.118. The van der Waals surface area contributed by atoms with E-state index in [1.54, 1.807) is 18.9 Å². The van der Waals surface area contributed by atoms with E-state index < -0.39 is 10.0 Å². The van der Waals surface area contributed by atoms with Crippen molar-refractivity contribution in [1.29, 1.82) is 0 Å². The van der Waals surface area contributed by atoms with Crippen LogP contribution >= 0.6 is 0 Å². The molecule has 8 heteroatoms. The summed E-state index contributed by atoms with van der Waals surface area (Å²) in [7, 11) is -1.57. The molecule has 0 saturated carbocycles. The van der Waals surface area contributed by atoms with E-state index in [0.717, 1.165) is 24.1 Å². The van der Waals surface area contributed by atoms with Crippen molar-refractivity contribution in [3.05, 3.63) is 17.1 Å². The highest BCUT2D eigenvalue weighted by Gasteiger charge is 2.37. The minimum Gasteiger partial charge on any atom is -0.300 e. The van der Waals surface area contributed by atoms with Crippen molar-refractivity contribution in [2.24, 2.45) is 0 Å². The number of fused-ring (bicyclic) bond motifs is 1. The Balaban J connectivity index is 2.04. The van der Waals surface area contributed by atoms with Crippen molar-refractivity contribution in [3.8, 4) is 0 Å². The lowest BCUT2D eigenvalue weighted by Gasteiger charge is -2.28. The molecule has 3 heterocycles. The molecule has 0 N–H and O–H groups in total. The standard InChI is InChI=1S/C15H22N4O3S/c1-4-23(21,22)19-9-5-6-12(19)14-16-10(2)11-7-8-13(20)18(3)15(11)17-14/h12H,4-9H2,1-3H3/t12-/m0/s1. The Labute approximate surface area is 136 Å². The highest BCUT2D eigenvalue weighted by molar-refractivity contribution is 7.89. The van der Waals surface area contributed by atoms with Crippen LogP contribution in [0.15, 0.2) is 0 Å². The molecule has 2 aliphatic rings. The van der Waals surface area contributed by atoms with E-state index in [1.807, 2.05) is 6.92 Å². The third kappa shape index (κ3) is 2.74. The number of aryl methyl sites for hydroxylation is 1. The summed E-state index contributed by atoms with van der Waals surface area (Å²) >= 11 is 0. The summed E-state index contributed by atoms with van der Waals surface area (Å²) in [5, 5.41) is 0. The second-order valence-corrected chi connectivity index (χ2v) is 8.30. The Morgan fingerprint density at radius 1 is 1.26 bits per heavy atom. The van der Waals surface area contributed by atoms with Crippen LogP contribution in [0.25, 0.3) is 0 Å². The van der Waals surface area contributed by atoms with E-state index in [9.17, 15) is 13.2 Å². The van der Waals surface area contributed by atoms with E-state index in [2.05, 4.69) is 9.97 Å². The summed E-state index contributed by atoms with van der Waals surface area (Å²) in [4.78, 5) is 22.6. The number of sulfonamides is 1. The molecule has 1 aromatic rings. The summed E-state index contributed by atoms with van der Waals surface area (Å²) in [5.74, 6) is 1.25.